The van der Waals surface area contributed by atoms with Crippen LogP contribution in [0.2, 0.25) is 0 Å². The summed E-state index contributed by atoms with van der Waals surface area (Å²) in [6.07, 6.45) is 0. The number of aliphatic carboxylic acids is 1. The minimum Gasteiger partial charge on any atom is -0.481 e. The first-order valence-electron chi connectivity index (χ1n) is 6.68. The van der Waals surface area contributed by atoms with E-state index in [0.29, 0.717) is 27.5 Å². The molecule has 1 N–H and O–H groups in total. The largest absolute Gasteiger partial charge is 0.481 e. The molecule has 0 aliphatic heterocycles. The predicted octanol–water partition coefficient (Wildman–Crippen LogP) is 3.44. The highest BCUT2D eigenvalue weighted by molar-refractivity contribution is 5.94. The van der Waals surface area contributed by atoms with Gasteiger partial charge in [-0.3, -0.25) is 9.59 Å². The molecule has 1 aromatic heterocycles. The Morgan fingerprint density at radius 3 is 2.38 bits per heavy atom. The lowest BCUT2D eigenvalue weighted by Crippen LogP contribution is -2.10. The van der Waals surface area contributed by atoms with Crippen LogP contribution in [0.5, 0.6) is 0 Å². The summed E-state index contributed by atoms with van der Waals surface area (Å²) in [6, 6.07) is 10.4. The van der Waals surface area contributed by atoms with Gasteiger partial charge in [-0.2, -0.15) is 0 Å². The molecule has 106 valence electrons. The smallest absolute Gasteiger partial charge is 0.310 e. The van der Waals surface area contributed by atoms with Crippen LogP contribution < -0.4 is 5.43 Å². The van der Waals surface area contributed by atoms with Crippen LogP contribution in [0.1, 0.15) is 24.0 Å². The molecular weight excluding hydrogens is 268 g/mol. The number of carbonyl (C=O) groups is 1. The molecule has 21 heavy (non-hydrogen) atoms. The summed E-state index contributed by atoms with van der Waals surface area (Å²) in [5.74, 6) is -1.69. The number of carboxylic acids is 1. The fraction of sp³-hybridized carbons (Fsp3) is 0.176. The van der Waals surface area contributed by atoms with Gasteiger partial charge in [0.25, 0.3) is 0 Å². The van der Waals surface area contributed by atoms with Crippen molar-refractivity contribution in [3.63, 3.8) is 0 Å². The van der Waals surface area contributed by atoms with E-state index in [1.807, 2.05) is 19.1 Å². The number of hydrogen-bond donors (Lipinski definition) is 1. The molecule has 0 saturated heterocycles. The van der Waals surface area contributed by atoms with Crippen molar-refractivity contribution in [3.8, 4) is 0 Å². The summed E-state index contributed by atoms with van der Waals surface area (Å²) in [6.45, 7) is 3.44. The molecular formula is C17H14O4. The third-order valence-corrected chi connectivity index (χ3v) is 3.79. The van der Waals surface area contributed by atoms with Gasteiger partial charge in [0.2, 0.25) is 5.43 Å². The predicted molar refractivity (Wildman–Crippen MR) is 80.8 cm³/mol. The number of benzene rings is 2. The van der Waals surface area contributed by atoms with Gasteiger partial charge in [0.1, 0.15) is 11.2 Å². The Labute approximate surface area is 120 Å². The summed E-state index contributed by atoms with van der Waals surface area (Å²) in [4.78, 5) is 23.8. The highest BCUT2D eigenvalue weighted by Gasteiger charge is 2.20. The van der Waals surface area contributed by atoms with E-state index < -0.39 is 11.9 Å². The van der Waals surface area contributed by atoms with E-state index in [1.165, 1.54) is 0 Å². The molecule has 3 rings (SSSR count). The maximum Gasteiger partial charge on any atom is 0.310 e. The first-order valence-corrected chi connectivity index (χ1v) is 6.68. The Hall–Kier alpha value is -2.62. The van der Waals surface area contributed by atoms with Crippen molar-refractivity contribution in [2.75, 3.05) is 0 Å². The topological polar surface area (TPSA) is 67.5 Å². The number of carboxylic acid groups (broad SMARTS) is 1. The van der Waals surface area contributed by atoms with Crippen LogP contribution in [0.3, 0.4) is 0 Å². The third-order valence-electron chi connectivity index (χ3n) is 3.79. The molecule has 1 atom stereocenters. The zero-order valence-electron chi connectivity index (χ0n) is 11.7. The summed E-state index contributed by atoms with van der Waals surface area (Å²) >= 11 is 0. The molecule has 0 fully saturated rings. The van der Waals surface area contributed by atoms with E-state index in [-0.39, 0.29) is 5.43 Å². The van der Waals surface area contributed by atoms with Crippen molar-refractivity contribution in [2.45, 2.75) is 19.8 Å². The second-order valence-corrected chi connectivity index (χ2v) is 5.17. The lowest BCUT2D eigenvalue weighted by Gasteiger charge is -2.11. The van der Waals surface area contributed by atoms with Crippen LogP contribution in [0.15, 0.2) is 45.6 Å². The molecule has 2 aromatic carbocycles. The van der Waals surface area contributed by atoms with Gasteiger partial charge in [0.15, 0.2) is 0 Å². The number of hydrogen-bond acceptors (Lipinski definition) is 3. The monoisotopic (exact) mass is 282 g/mol. The lowest BCUT2D eigenvalue weighted by molar-refractivity contribution is -0.138. The van der Waals surface area contributed by atoms with Crippen LogP contribution in [0.25, 0.3) is 21.9 Å². The summed E-state index contributed by atoms with van der Waals surface area (Å²) in [5.41, 5.74) is 2.11. The van der Waals surface area contributed by atoms with Gasteiger partial charge < -0.3 is 9.52 Å². The van der Waals surface area contributed by atoms with Gasteiger partial charge in [-0.05, 0) is 31.5 Å². The Kier molecular flexibility index (Phi) is 3.01. The summed E-state index contributed by atoms with van der Waals surface area (Å²) in [7, 11) is 0. The quantitative estimate of drug-likeness (QED) is 0.731. The van der Waals surface area contributed by atoms with Crippen LogP contribution in [0.4, 0.5) is 0 Å². The zero-order chi connectivity index (χ0) is 15.1. The average molecular weight is 282 g/mol. The Morgan fingerprint density at radius 1 is 1.10 bits per heavy atom. The van der Waals surface area contributed by atoms with Crippen molar-refractivity contribution >= 4 is 27.9 Å². The fourth-order valence-electron chi connectivity index (χ4n) is 2.54. The van der Waals surface area contributed by atoms with E-state index in [2.05, 4.69) is 0 Å². The molecule has 0 spiro atoms. The average Bonchev–Trinajstić information content (AvgIpc) is 2.47. The maximum absolute atomic E-state index is 12.6. The van der Waals surface area contributed by atoms with Crippen molar-refractivity contribution in [1.29, 1.82) is 0 Å². The molecule has 3 aromatic rings. The molecule has 0 aliphatic carbocycles. The number of rotatable bonds is 2. The highest BCUT2D eigenvalue weighted by atomic mass is 16.4. The first-order chi connectivity index (χ1) is 10.0. The summed E-state index contributed by atoms with van der Waals surface area (Å²) < 4.78 is 5.90. The molecule has 4 nitrogen and oxygen atoms in total. The molecule has 0 radical (unpaired) electrons. The molecule has 0 aliphatic rings. The number of fused-ring (bicyclic) bond motifs is 2. The van der Waals surface area contributed by atoms with E-state index in [0.717, 1.165) is 5.56 Å². The maximum atomic E-state index is 12.6. The fourth-order valence-corrected chi connectivity index (χ4v) is 2.54. The normalized spacial score (nSPS) is 12.7. The molecule has 0 unspecified atom stereocenters. The third kappa shape index (κ3) is 2.00. The van der Waals surface area contributed by atoms with Gasteiger partial charge in [-0.25, -0.2) is 0 Å². The van der Waals surface area contributed by atoms with Gasteiger partial charge in [0, 0.05) is 5.56 Å². The lowest BCUT2D eigenvalue weighted by atomic mass is 9.98. The van der Waals surface area contributed by atoms with Crippen LogP contribution in [-0.4, -0.2) is 11.1 Å². The SMILES string of the molecule is Cc1cccc2c(=O)c3cccc([C@H](C)C(=O)O)c3oc12. The minimum atomic E-state index is -0.949. The molecule has 0 bridgehead atoms. The molecule has 0 saturated carbocycles. The number of para-hydroxylation sites is 2. The van der Waals surface area contributed by atoms with Gasteiger partial charge >= 0.3 is 5.97 Å². The Balaban J connectivity index is 2.50. The van der Waals surface area contributed by atoms with E-state index in [1.54, 1.807) is 31.2 Å². The van der Waals surface area contributed by atoms with Gasteiger partial charge in [-0.1, -0.05) is 24.3 Å². The Morgan fingerprint density at radius 2 is 1.71 bits per heavy atom. The van der Waals surface area contributed by atoms with Gasteiger partial charge in [0.05, 0.1) is 16.7 Å². The van der Waals surface area contributed by atoms with E-state index >= 15 is 0 Å². The van der Waals surface area contributed by atoms with Gasteiger partial charge in [-0.15, -0.1) is 0 Å². The highest BCUT2D eigenvalue weighted by Crippen LogP contribution is 2.28. The molecule has 1 heterocycles. The van der Waals surface area contributed by atoms with Crippen LogP contribution >= 0.6 is 0 Å². The zero-order valence-corrected chi connectivity index (χ0v) is 11.7. The minimum absolute atomic E-state index is 0.130. The van der Waals surface area contributed by atoms with Crippen molar-refractivity contribution in [3.05, 3.63) is 57.7 Å². The standard InChI is InChI=1S/C17H14O4/c1-9-5-3-7-12-14(18)13-8-4-6-11(10(2)17(19)20)16(13)21-15(9)12/h3-8,10H,1-2H3,(H,19,20)/t10-/m0/s1. The van der Waals surface area contributed by atoms with Crippen molar-refractivity contribution < 1.29 is 14.3 Å². The van der Waals surface area contributed by atoms with Crippen molar-refractivity contribution in [1.82, 2.24) is 0 Å². The first kappa shape index (κ1) is 13.4. The summed E-state index contributed by atoms with van der Waals surface area (Å²) in [5, 5.41) is 10.1. The second-order valence-electron chi connectivity index (χ2n) is 5.17. The second kappa shape index (κ2) is 4.74. The number of aryl methyl sites for hydroxylation is 1. The van der Waals surface area contributed by atoms with E-state index in [9.17, 15) is 14.7 Å². The molecule has 0 amide bonds. The molecule has 4 heteroatoms. The van der Waals surface area contributed by atoms with Crippen molar-refractivity contribution in [2.24, 2.45) is 0 Å². The van der Waals surface area contributed by atoms with Crippen LogP contribution in [0, 0.1) is 6.92 Å². The van der Waals surface area contributed by atoms with E-state index in [4.69, 9.17) is 4.42 Å². The Bertz CT molecular complexity index is 921. The van der Waals surface area contributed by atoms with Crippen LogP contribution in [-0.2, 0) is 4.79 Å².